The van der Waals surface area contributed by atoms with Crippen LogP contribution in [0.25, 0.3) is 0 Å². The summed E-state index contributed by atoms with van der Waals surface area (Å²) in [5.74, 6) is -0.0292. The first-order valence-electron chi connectivity index (χ1n) is 4.89. The number of hydrogen-bond acceptors (Lipinski definition) is 2. The molecule has 14 heavy (non-hydrogen) atoms. The molecule has 2 unspecified atom stereocenters. The number of aliphatic hydroxyl groups excluding tert-OH is 1. The van der Waals surface area contributed by atoms with Crippen molar-refractivity contribution in [1.29, 1.82) is 0 Å². The summed E-state index contributed by atoms with van der Waals surface area (Å²) in [6.45, 7) is 1.40. The van der Waals surface area contributed by atoms with Crippen LogP contribution in [-0.2, 0) is 6.42 Å². The first-order chi connectivity index (χ1) is 6.77. The van der Waals surface area contributed by atoms with Gasteiger partial charge in [0.15, 0.2) is 0 Å². The van der Waals surface area contributed by atoms with Crippen LogP contribution in [0.2, 0.25) is 0 Å². The Balaban J connectivity index is 2.07. The third-order valence-electron chi connectivity index (χ3n) is 2.74. The summed E-state index contributed by atoms with van der Waals surface area (Å²) in [4.78, 5) is 0. The number of hydrogen-bond donors (Lipinski definition) is 2. The third kappa shape index (κ3) is 1.94. The summed E-state index contributed by atoms with van der Waals surface area (Å²) in [5, 5.41) is 12.6. The van der Waals surface area contributed by atoms with E-state index in [1.54, 1.807) is 12.1 Å². The van der Waals surface area contributed by atoms with Crippen molar-refractivity contribution in [2.75, 3.05) is 13.1 Å². The van der Waals surface area contributed by atoms with Gasteiger partial charge in [0.2, 0.25) is 0 Å². The zero-order chi connectivity index (χ0) is 9.97. The standard InChI is InChI=1S/C11H14FNO/c12-10-4-2-1-3-8(10)5-9-6-13-7-11(9)14/h1-4,9,11,13-14H,5-7H2. The first-order valence-corrected chi connectivity index (χ1v) is 4.89. The van der Waals surface area contributed by atoms with Crippen LogP contribution in [0.4, 0.5) is 4.39 Å². The Labute approximate surface area is 82.8 Å². The van der Waals surface area contributed by atoms with E-state index in [0.717, 1.165) is 6.54 Å². The predicted molar refractivity (Wildman–Crippen MR) is 52.5 cm³/mol. The lowest BCUT2D eigenvalue weighted by molar-refractivity contribution is 0.147. The zero-order valence-electron chi connectivity index (χ0n) is 7.91. The van der Waals surface area contributed by atoms with Crippen molar-refractivity contribution in [2.45, 2.75) is 12.5 Å². The Morgan fingerprint density at radius 1 is 1.36 bits per heavy atom. The van der Waals surface area contributed by atoms with Crippen LogP contribution in [0.3, 0.4) is 0 Å². The molecule has 0 amide bonds. The van der Waals surface area contributed by atoms with E-state index in [-0.39, 0.29) is 17.8 Å². The number of halogens is 1. The van der Waals surface area contributed by atoms with Gasteiger partial charge in [-0.25, -0.2) is 4.39 Å². The molecule has 1 aliphatic rings. The molecule has 0 aliphatic carbocycles. The molecular weight excluding hydrogens is 181 g/mol. The van der Waals surface area contributed by atoms with Gasteiger partial charge in [0.25, 0.3) is 0 Å². The molecule has 1 aromatic carbocycles. The molecule has 3 heteroatoms. The Morgan fingerprint density at radius 3 is 2.79 bits per heavy atom. The van der Waals surface area contributed by atoms with Crippen molar-refractivity contribution in [3.63, 3.8) is 0 Å². The lowest BCUT2D eigenvalue weighted by Gasteiger charge is -2.13. The molecule has 1 fully saturated rings. The van der Waals surface area contributed by atoms with E-state index in [0.29, 0.717) is 18.5 Å². The maximum Gasteiger partial charge on any atom is 0.126 e. The second-order valence-corrected chi connectivity index (χ2v) is 3.78. The van der Waals surface area contributed by atoms with Gasteiger partial charge in [-0.2, -0.15) is 0 Å². The van der Waals surface area contributed by atoms with Crippen LogP contribution >= 0.6 is 0 Å². The van der Waals surface area contributed by atoms with E-state index < -0.39 is 0 Å². The summed E-state index contributed by atoms with van der Waals surface area (Å²) in [7, 11) is 0. The molecule has 0 saturated carbocycles. The molecule has 0 bridgehead atoms. The van der Waals surface area contributed by atoms with Gasteiger partial charge >= 0.3 is 0 Å². The van der Waals surface area contributed by atoms with Gasteiger partial charge < -0.3 is 10.4 Å². The van der Waals surface area contributed by atoms with Crippen molar-refractivity contribution in [3.8, 4) is 0 Å². The fourth-order valence-electron chi connectivity index (χ4n) is 1.87. The minimum atomic E-state index is -0.338. The van der Waals surface area contributed by atoms with Crippen molar-refractivity contribution in [1.82, 2.24) is 5.32 Å². The van der Waals surface area contributed by atoms with Crippen LogP contribution in [0.1, 0.15) is 5.56 Å². The highest BCUT2D eigenvalue weighted by Crippen LogP contribution is 2.17. The number of nitrogens with one attached hydrogen (secondary N) is 1. The molecule has 2 atom stereocenters. The van der Waals surface area contributed by atoms with Crippen LogP contribution < -0.4 is 5.32 Å². The molecule has 2 rings (SSSR count). The van der Waals surface area contributed by atoms with E-state index in [1.165, 1.54) is 6.07 Å². The fraction of sp³-hybridized carbons (Fsp3) is 0.455. The average molecular weight is 195 g/mol. The topological polar surface area (TPSA) is 32.3 Å². The predicted octanol–water partition coefficient (Wildman–Crippen LogP) is 0.948. The van der Waals surface area contributed by atoms with Crippen LogP contribution in [-0.4, -0.2) is 24.3 Å². The van der Waals surface area contributed by atoms with E-state index in [1.807, 2.05) is 6.07 Å². The van der Waals surface area contributed by atoms with Crippen molar-refractivity contribution >= 4 is 0 Å². The molecular formula is C11H14FNO. The normalized spacial score (nSPS) is 26.7. The second kappa shape index (κ2) is 4.07. The molecule has 76 valence electrons. The molecule has 0 radical (unpaired) electrons. The summed E-state index contributed by atoms with van der Waals surface area (Å²) >= 11 is 0. The van der Waals surface area contributed by atoms with E-state index in [4.69, 9.17) is 0 Å². The zero-order valence-corrected chi connectivity index (χ0v) is 7.91. The van der Waals surface area contributed by atoms with Gasteiger partial charge in [0.1, 0.15) is 5.82 Å². The Hall–Kier alpha value is -0.930. The lowest BCUT2D eigenvalue weighted by Crippen LogP contribution is -2.20. The number of rotatable bonds is 2. The Bertz CT molecular complexity index is 316. The molecule has 0 aromatic heterocycles. The minimum Gasteiger partial charge on any atom is -0.391 e. The largest absolute Gasteiger partial charge is 0.391 e. The summed E-state index contributed by atoms with van der Waals surface area (Å²) in [6.07, 6.45) is 0.274. The third-order valence-corrected chi connectivity index (χ3v) is 2.74. The van der Waals surface area contributed by atoms with Crippen molar-refractivity contribution < 1.29 is 9.50 Å². The average Bonchev–Trinajstić information content (AvgIpc) is 2.56. The van der Waals surface area contributed by atoms with E-state index >= 15 is 0 Å². The maximum atomic E-state index is 13.3. The van der Waals surface area contributed by atoms with Gasteiger partial charge in [-0.1, -0.05) is 18.2 Å². The summed E-state index contributed by atoms with van der Waals surface area (Å²) in [5.41, 5.74) is 0.695. The van der Waals surface area contributed by atoms with Gasteiger partial charge in [0, 0.05) is 19.0 Å². The quantitative estimate of drug-likeness (QED) is 0.736. The second-order valence-electron chi connectivity index (χ2n) is 3.78. The monoisotopic (exact) mass is 195 g/mol. The Morgan fingerprint density at radius 2 is 2.14 bits per heavy atom. The molecule has 1 heterocycles. The van der Waals surface area contributed by atoms with Crippen LogP contribution in [0.5, 0.6) is 0 Å². The molecule has 2 N–H and O–H groups in total. The fourth-order valence-corrected chi connectivity index (χ4v) is 1.87. The van der Waals surface area contributed by atoms with Gasteiger partial charge in [0.05, 0.1) is 6.10 Å². The molecule has 0 spiro atoms. The SMILES string of the molecule is OC1CNCC1Cc1ccccc1F. The molecule has 1 aromatic rings. The molecule has 1 aliphatic heterocycles. The number of β-amino-alcohol motifs (C(OH)–C–C–N with tert-alkyl or cyclic N) is 1. The first kappa shape index (κ1) is 9.62. The molecule has 1 saturated heterocycles. The lowest BCUT2D eigenvalue weighted by atomic mass is 9.96. The van der Waals surface area contributed by atoms with Crippen molar-refractivity contribution in [2.24, 2.45) is 5.92 Å². The van der Waals surface area contributed by atoms with Gasteiger partial charge in [-0.05, 0) is 18.1 Å². The molecule has 2 nitrogen and oxygen atoms in total. The highest BCUT2D eigenvalue weighted by molar-refractivity contribution is 5.18. The van der Waals surface area contributed by atoms with Crippen LogP contribution in [0, 0.1) is 11.7 Å². The Kier molecular flexibility index (Phi) is 2.79. The smallest absolute Gasteiger partial charge is 0.126 e. The maximum absolute atomic E-state index is 13.3. The summed E-state index contributed by atoms with van der Waals surface area (Å²) < 4.78 is 13.3. The van der Waals surface area contributed by atoms with E-state index in [9.17, 15) is 9.50 Å². The van der Waals surface area contributed by atoms with Gasteiger partial charge in [-0.15, -0.1) is 0 Å². The highest BCUT2D eigenvalue weighted by Gasteiger charge is 2.25. The number of benzene rings is 1. The summed E-state index contributed by atoms with van der Waals surface area (Å²) in [6, 6.07) is 6.75. The number of aliphatic hydroxyl groups is 1. The van der Waals surface area contributed by atoms with Crippen LogP contribution in [0.15, 0.2) is 24.3 Å². The highest BCUT2D eigenvalue weighted by atomic mass is 19.1. The van der Waals surface area contributed by atoms with Crippen molar-refractivity contribution in [3.05, 3.63) is 35.6 Å². The van der Waals surface area contributed by atoms with Gasteiger partial charge in [-0.3, -0.25) is 0 Å². The minimum absolute atomic E-state index is 0.145. The van der Waals surface area contributed by atoms with E-state index in [2.05, 4.69) is 5.32 Å².